The van der Waals surface area contributed by atoms with Crippen LogP contribution in [0.1, 0.15) is 21.7 Å². The van der Waals surface area contributed by atoms with Crippen molar-refractivity contribution in [1.82, 2.24) is 4.98 Å². The number of rotatable bonds is 5. The molecule has 0 aliphatic heterocycles. The van der Waals surface area contributed by atoms with E-state index in [9.17, 15) is 13.2 Å². The highest BCUT2D eigenvalue weighted by molar-refractivity contribution is 9.10. The SMILES string of the molecule is Cc1cccc(C(=O)Nc2ccc(C)c(S(=O)(=O)Nc3ccc(Br)cc3)c2)n1. The standard InChI is InChI=1S/C20H18BrN3O3S/c1-13-6-9-17(23-20(25)18-5-3-4-14(2)22-18)12-19(13)28(26,27)24-16-10-7-15(21)8-11-16/h3-12,24H,1-2H3,(H,23,25). The number of sulfonamides is 1. The second kappa shape index (κ2) is 8.12. The number of halogens is 1. The van der Waals surface area contributed by atoms with Crippen LogP contribution in [0.4, 0.5) is 11.4 Å². The van der Waals surface area contributed by atoms with Crippen LogP contribution in [0.3, 0.4) is 0 Å². The number of aromatic nitrogens is 1. The third-order valence-corrected chi connectivity index (χ3v) is 6.00. The van der Waals surface area contributed by atoms with E-state index in [1.165, 1.54) is 6.07 Å². The summed E-state index contributed by atoms with van der Waals surface area (Å²) in [5.41, 5.74) is 2.36. The van der Waals surface area contributed by atoms with Gasteiger partial charge in [0, 0.05) is 21.5 Å². The van der Waals surface area contributed by atoms with E-state index in [2.05, 4.69) is 31.0 Å². The molecule has 28 heavy (non-hydrogen) atoms. The Morgan fingerprint density at radius 3 is 2.32 bits per heavy atom. The summed E-state index contributed by atoms with van der Waals surface area (Å²) in [7, 11) is -3.82. The molecule has 1 amide bonds. The molecule has 8 heteroatoms. The Labute approximate surface area is 172 Å². The van der Waals surface area contributed by atoms with Gasteiger partial charge in [-0.2, -0.15) is 0 Å². The number of aryl methyl sites for hydroxylation is 2. The molecule has 0 aliphatic carbocycles. The zero-order valence-electron chi connectivity index (χ0n) is 15.2. The number of pyridine rings is 1. The van der Waals surface area contributed by atoms with Gasteiger partial charge >= 0.3 is 0 Å². The van der Waals surface area contributed by atoms with Gasteiger partial charge in [0.1, 0.15) is 5.69 Å². The lowest BCUT2D eigenvalue weighted by molar-refractivity contribution is 0.102. The van der Waals surface area contributed by atoms with Crippen molar-refractivity contribution < 1.29 is 13.2 Å². The molecule has 0 fully saturated rings. The third-order valence-electron chi connectivity index (χ3n) is 3.95. The summed E-state index contributed by atoms with van der Waals surface area (Å²) < 4.78 is 29.0. The van der Waals surface area contributed by atoms with Gasteiger partial charge < -0.3 is 5.32 Å². The monoisotopic (exact) mass is 459 g/mol. The van der Waals surface area contributed by atoms with Crippen LogP contribution in [-0.4, -0.2) is 19.3 Å². The van der Waals surface area contributed by atoms with Gasteiger partial charge in [-0.15, -0.1) is 0 Å². The highest BCUT2D eigenvalue weighted by atomic mass is 79.9. The largest absolute Gasteiger partial charge is 0.321 e. The summed E-state index contributed by atoms with van der Waals surface area (Å²) in [6.07, 6.45) is 0. The predicted molar refractivity (Wildman–Crippen MR) is 113 cm³/mol. The fourth-order valence-corrected chi connectivity index (χ4v) is 4.15. The zero-order chi connectivity index (χ0) is 20.3. The fraction of sp³-hybridized carbons (Fsp3) is 0.100. The minimum atomic E-state index is -3.82. The molecule has 0 unspecified atom stereocenters. The number of nitrogens with zero attached hydrogens (tertiary/aromatic N) is 1. The van der Waals surface area contributed by atoms with Crippen LogP contribution >= 0.6 is 15.9 Å². The average molecular weight is 460 g/mol. The number of amides is 1. The average Bonchev–Trinajstić information content (AvgIpc) is 2.65. The molecule has 144 valence electrons. The second-order valence-corrected chi connectivity index (χ2v) is 8.78. The molecule has 6 nitrogen and oxygen atoms in total. The van der Waals surface area contributed by atoms with Gasteiger partial charge in [-0.3, -0.25) is 9.52 Å². The summed E-state index contributed by atoms with van der Waals surface area (Å²) in [5, 5.41) is 2.70. The molecule has 0 bridgehead atoms. The van der Waals surface area contributed by atoms with Crippen molar-refractivity contribution in [2.75, 3.05) is 10.0 Å². The number of hydrogen-bond donors (Lipinski definition) is 2. The molecule has 3 rings (SSSR count). The van der Waals surface area contributed by atoms with Crippen molar-refractivity contribution in [2.45, 2.75) is 18.7 Å². The second-order valence-electron chi connectivity index (χ2n) is 6.21. The zero-order valence-corrected chi connectivity index (χ0v) is 17.6. The molecular formula is C20H18BrN3O3S. The van der Waals surface area contributed by atoms with Crippen LogP contribution in [0.25, 0.3) is 0 Å². The maximum atomic E-state index is 12.8. The van der Waals surface area contributed by atoms with E-state index in [1.54, 1.807) is 68.4 Å². The summed E-state index contributed by atoms with van der Waals surface area (Å²) in [5.74, 6) is -0.406. The first-order valence-corrected chi connectivity index (χ1v) is 10.7. The summed E-state index contributed by atoms with van der Waals surface area (Å²) in [6.45, 7) is 3.49. The molecule has 0 aliphatic rings. The maximum absolute atomic E-state index is 12.8. The first-order chi connectivity index (χ1) is 13.2. The summed E-state index contributed by atoms with van der Waals surface area (Å²) in [6, 6.07) is 16.7. The van der Waals surface area contributed by atoms with Crippen LogP contribution < -0.4 is 10.0 Å². The van der Waals surface area contributed by atoms with Crippen molar-refractivity contribution in [3.63, 3.8) is 0 Å². The molecule has 2 aromatic carbocycles. The molecule has 0 radical (unpaired) electrons. The van der Waals surface area contributed by atoms with E-state index in [0.29, 0.717) is 16.9 Å². The van der Waals surface area contributed by atoms with Gasteiger partial charge in [0.05, 0.1) is 4.90 Å². The van der Waals surface area contributed by atoms with E-state index >= 15 is 0 Å². The van der Waals surface area contributed by atoms with Crippen molar-refractivity contribution in [3.05, 3.63) is 82.1 Å². The normalized spacial score (nSPS) is 11.1. The summed E-state index contributed by atoms with van der Waals surface area (Å²) in [4.78, 5) is 16.7. The predicted octanol–water partition coefficient (Wildman–Crippen LogP) is 4.51. The highest BCUT2D eigenvalue weighted by Crippen LogP contribution is 2.24. The van der Waals surface area contributed by atoms with Crippen LogP contribution in [-0.2, 0) is 10.0 Å². The van der Waals surface area contributed by atoms with E-state index in [-0.39, 0.29) is 10.6 Å². The number of carbonyl (C=O) groups is 1. The lowest BCUT2D eigenvalue weighted by Gasteiger charge is -2.13. The molecule has 0 saturated heterocycles. The van der Waals surface area contributed by atoms with Gasteiger partial charge in [0.25, 0.3) is 15.9 Å². The van der Waals surface area contributed by atoms with Crippen molar-refractivity contribution in [2.24, 2.45) is 0 Å². The summed E-state index contributed by atoms with van der Waals surface area (Å²) >= 11 is 3.32. The molecule has 0 saturated carbocycles. The van der Waals surface area contributed by atoms with E-state index in [0.717, 1.165) is 10.2 Å². The molecule has 1 heterocycles. The Kier molecular flexibility index (Phi) is 5.81. The molecule has 0 atom stereocenters. The van der Waals surface area contributed by atoms with Gasteiger partial charge in [-0.05, 0) is 67.9 Å². The van der Waals surface area contributed by atoms with Gasteiger partial charge in [-0.25, -0.2) is 13.4 Å². The molecule has 1 aromatic heterocycles. The van der Waals surface area contributed by atoms with E-state index in [4.69, 9.17) is 0 Å². The Bertz CT molecular complexity index is 1130. The van der Waals surface area contributed by atoms with Crippen LogP contribution in [0.15, 0.2) is 70.0 Å². The number of anilines is 2. The van der Waals surface area contributed by atoms with Crippen LogP contribution in [0, 0.1) is 13.8 Å². The lowest BCUT2D eigenvalue weighted by atomic mass is 10.2. The topological polar surface area (TPSA) is 88.2 Å². The smallest absolute Gasteiger partial charge is 0.274 e. The van der Waals surface area contributed by atoms with Gasteiger partial charge in [0.2, 0.25) is 0 Å². The Morgan fingerprint density at radius 2 is 1.64 bits per heavy atom. The van der Waals surface area contributed by atoms with E-state index < -0.39 is 15.9 Å². The molecule has 0 spiro atoms. The Hall–Kier alpha value is -2.71. The number of hydrogen-bond acceptors (Lipinski definition) is 4. The van der Waals surface area contributed by atoms with Crippen molar-refractivity contribution in [3.8, 4) is 0 Å². The van der Waals surface area contributed by atoms with Crippen molar-refractivity contribution in [1.29, 1.82) is 0 Å². The van der Waals surface area contributed by atoms with Crippen molar-refractivity contribution >= 4 is 43.2 Å². The molecule has 3 aromatic rings. The first-order valence-electron chi connectivity index (χ1n) is 8.39. The lowest BCUT2D eigenvalue weighted by Crippen LogP contribution is -2.17. The van der Waals surface area contributed by atoms with Crippen LogP contribution in [0.5, 0.6) is 0 Å². The number of benzene rings is 2. The quantitative estimate of drug-likeness (QED) is 0.587. The molecule has 2 N–H and O–H groups in total. The molecular weight excluding hydrogens is 442 g/mol. The number of carbonyl (C=O) groups excluding carboxylic acids is 1. The van der Waals surface area contributed by atoms with Gasteiger partial charge in [-0.1, -0.05) is 28.1 Å². The Balaban J connectivity index is 1.86. The maximum Gasteiger partial charge on any atom is 0.274 e. The van der Waals surface area contributed by atoms with Crippen LogP contribution in [0.2, 0.25) is 0 Å². The first kappa shape index (κ1) is 20.0. The number of nitrogens with one attached hydrogen (secondary N) is 2. The van der Waals surface area contributed by atoms with Gasteiger partial charge in [0.15, 0.2) is 0 Å². The minimum Gasteiger partial charge on any atom is -0.321 e. The minimum absolute atomic E-state index is 0.0884. The third kappa shape index (κ3) is 4.76. The fourth-order valence-electron chi connectivity index (χ4n) is 2.56. The Morgan fingerprint density at radius 1 is 0.964 bits per heavy atom. The highest BCUT2D eigenvalue weighted by Gasteiger charge is 2.18. The van der Waals surface area contributed by atoms with E-state index in [1.807, 2.05) is 0 Å².